The summed E-state index contributed by atoms with van der Waals surface area (Å²) in [5.74, 6) is 0. The van der Waals surface area contributed by atoms with Gasteiger partial charge in [0.15, 0.2) is 0 Å². The van der Waals surface area contributed by atoms with Crippen LogP contribution in [0.15, 0.2) is 5.38 Å². The summed E-state index contributed by atoms with van der Waals surface area (Å²) in [6.07, 6.45) is 0. The number of rotatable bonds is 5. The third-order valence-corrected chi connectivity index (χ3v) is 4.52. The van der Waals surface area contributed by atoms with E-state index in [1.807, 2.05) is 0 Å². The second-order valence-electron chi connectivity index (χ2n) is 6.46. The molecule has 0 aliphatic heterocycles. The Bertz CT molecular complexity index is 604. The van der Waals surface area contributed by atoms with Gasteiger partial charge in [-0.05, 0) is 20.4 Å². The molecule has 1 N–H and O–H groups in total. The summed E-state index contributed by atoms with van der Waals surface area (Å²) in [4.78, 5) is 4.76. The SMILES string of the molecule is CCNCc1c(C)nn(Cc2nc(C(C)(C)C)cs2)c1C. The summed E-state index contributed by atoms with van der Waals surface area (Å²) < 4.78 is 2.08. The minimum Gasteiger partial charge on any atom is -0.313 e. The molecule has 0 bridgehead atoms. The quantitative estimate of drug-likeness (QED) is 0.920. The molecule has 0 saturated heterocycles. The van der Waals surface area contributed by atoms with Crippen LogP contribution in [-0.4, -0.2) is 21.3 Å². The van der Waals surface area contributed by atoms with Crippen molar-refractivity contribution in [3.63, 3.8) is 0 Å². The molecule has 116 valence electrons. The first kappa shape index (κ1) is 16.2. The first-order chi connectivity index (χ1) is 9.82. The molecule has 0 aliphatic rings. The minimum atomic E-state index is 0.111. The van der Waals surface area contributed by atoms with Gasteiger partial charge in [-0.3, -0.25) is 4.68 Å². The summed E-state index contributed by atoms with van der Waals surface area (Å²) in [6, 6.07) is 0. The van der Waals surface area contributed by atoms with E-state index in [0.717, 1.165) is 36.0 Å². The van der Waals surface area contributed by atoms with Crippen molar-refractivity contribution < 1.29 is 0 Å². The van der Waals surface area contributed by atoms with Gasteiger partial charge in [-0.1, -0.05) is 27.7 Å². The Morgan fingerprint density at radius 1 is 1.29 bits per heavy atom. The molecule has 0 aliphatic carbocycles. The highest BCUT2D eigenvalue weighted by atomic mass is 32.1. The Kier molecular flexibility index (Phi) is 4.84. The maximum Gasteiger partial charge on any atom is 0.114 e. The van der Waals surface area contributed by atoms with E-state index in [1.54, 1.807) is 11.3 Å². The number of hydrogen-bond donors (Lipinski definition) is 1. The van der Waals surface area contributed by atoms with Crippen LogP contribution in [0.25, 0.3) is 0 Å². The molecule has 2 heterocycles. The van der Waals surface area contributed by atoms with Gasteiger partial charge in [0.1, 0.15) is 5.01 Å². The molecule has 4 nitrogen and oxygen atoms in total. The van der Waals surface area contributed by atoms with Crippen LogP contribution in [0.3, 0.4) is 0 Å². The Labute approximate surface area is 131 Å². The molecule has 2 rings (SSSR count). The molecule has 21 heavy (non-hydrogen) atoms. The van der Waals surface area contributed by atoms with Crippen LogP contribution in [0, 0.1) is 13.8 Å². The molecule has 5 heteroatoms. The van der Waals surface area contributed by atoms with E-state index in [-0.39, 0.29) is 5.41 Å². The minimum absolute atomic E-state index is 0.111. The van der Waals surface area contributed by atoms with Crippen molar-refractivity contribution in [1.29, 1.82) is 0 Å². The van der Waals surface area contributed by atoms with Gasteiger partial charge in [0.25, 0.3) is 0 Å². The van der Waals surface area contributed by atoms with Gasteiger partial charge in [-0.25, -0.2) is 4.98 Å². The maximum absolute atomic E-state index is 4.76. The van der Waals surface area contributed by atoms with Crippen molar-refractivity contribution in [2.24, 2.45) is 0 Å². The number of aromatic nitrogens is 3. The maximum atomic E-state index is 4.76. The predicted octanol–water partition coefficient (Wildman–Crippen LogP) is 3.41. The summed E-state index contributed by atoms with van der Waals surface area (Å²) in [7, 11) is 0. The number of nitrogens with zero attached hydrogens (tertiary/aromatic N) is 3. The topological polar surface area (TPSA) is 42.7 Å². The summed E-state index contributed by atoms with van der Waals surface area (Å²) in [5, 5.41) is 11.3. The van der Waals surface area contributed by atoms with E-state index in [2.05, 4.69) is 62.0 Å². The van der Waals surface area contributed by atoms with Crippen molar-refractivity contribution in [3.05, 3.63) is 33.0 Å². The largest absolute Gasteiger partial charge is 0.313 e. The van der Waals surface area contributed by atoms with Gasteiger partial charge in [-0.15, -0.1) is 11.3 Å². The molecule has 0 amide bonds. The highest BCUT2D eigenvalue weighted by molar-refractivity contribution is 7.09. The fraction of sp³-hybridized carbons (Fsp3) is 0.625. The van der Waals surface area contributed by atoms with Gasteiger partial charge in [0, 0.05) is 28.6 Å². The van der Waals surface area contributed by atoms with E-state index in [0.29, 0.717) is 0 Å². The fourth-order valence-corrected chi connectivity index (χ4v) is 3.25. The zero-order valence-electron chi connectivity index (χ0n) is 13.9. The van der Waals surface area contributed by atoms with Crippen LogP contribution in [-0.2, 0) is 18.5 Å². The molecule has 0 atom stereocenters. The van der Waals surface area contributed by atoms with Crippen LogP contribution in [0.1, 0.15) is 55.3 Å². The van der Waals surface area contributed by atoms with Crippen LogP contribution < -0.4 is 5.32 Å². The van der Waals surface area contributed by atoms with Gasteiger partial charge < -0.3 is 5.32 Å². The van der Waals surface area contributed by atoms with Gasteiger partial charge in [0.2, 0.25) is 0 Å². The van der Waals surface area contributed by atoms with E-state index >= 15 is 0 Å². The molecule has 0 spiro atoms. The molecule has 0 unspecified atom stereocenters. The lowest BCUT2D eigenvalue weighted by molar-refractivity contribution is 0.566. The monoisotopic (exact) mass is 306 g/mol. The average Bonchev–Trinajstić information content (AvgIpc) is 2.95. The van der Waals surface area contributed by atoms with Gasteiger partial charge in [-0.2, -0.15) is 5.10 Å². The molecule has 2 aromatic heterocycles. The highest BCUT2D eigenvalue weighted by Gasteiger charge is 2.18. The average molecular weight is 306 g/mol. The number of hydrogen-bond acceptors (Lipinski definition) is 4. The lowest BCUT2D eigenvalue weighted by atomic mass is 9.93. The van der Waals surface area contributed by atoms with E-state index in [1.165, 1.54) is 11.3 Å². The van der Waals surface area contributed by atoms with Crippen molar-refractivity contribution in [3.8, 4) is 0 Å². The Balaban J connectivity index is 2.18. The highest BCUT2D eigenvalue weighted by Crippen LogP contribution is 2.24. The molecule has 0 aromatic carbocycles. The Morgan fingerprint density at radius 3 is 2.57 bits per heavy atom. The van der Waals surface area contributed by atoms with Crippen molar-refractivity contribution >= 4 is 11.3 Å². The lowest BCUT2D eigenvalue weighted by Gasteiger charge is -2.14. The zero-order chi connectivity index (χ0) is 15.6. The third-order valence-electron chi connectivity index (χ3n) is 3.69. The zero-order valence-corrected chi connectivity index (χ0v) is 14.8. The standard InChI is InChI=1S/C16H26N4S/c1-7-17-8-13-11(2)19-20(12(13)3)9-15-18-14(10-21-15)16(4,5)6/h10,17H,7-9H2,1-6H3. The molecule has 0 fully saturated rings. The Hall–Kier alpha value is -1.20. The van der Waals surface area contributed by atoms with Crippen molar-refractivity contribution in [1.82, 2.24) is 20.1 Å². The summed E-state index contributed by atoms with van der Waals surface area (Å²) >= 11 is 1.73. The summed E-state index contributed by atoms with van der Waals surface area (Å²) in [6.45, 7) is 15.6. The van der Waals surface area contributed by atoms with Crippen LogP contribution in [0.2, 0.25) is 0 Å². The third kappa shape index (κ3) is 3.71. The molecular formula is C16H26N4S. The van der Waals surface area contributed by atoms with Crippen LogP contribution in [0.4, 0.5) is 0 Å². The Morgan fingerprint density at radius 2 is 2.00 bits per heavy atom. The number of aryl methyl sites for hydroxylation is 1. The normalized spacial score (nSPS) is 12.1. The van der Waals surface area contributed by atoms with E-state index in [9.17, 15) is 0 Å². The molecular weight excluding hydrogens is 280 g/mol. The van der Waals surface area contributed by atoms with Crippen LogP contribution >= 0.6 is 11.3 Å². The van der Waals surface area contributed by atoms with Gasteiger partial charge in [0.05, 0.1) is 17.9 Å². The van der Waals surface area contributed by atoms with Crippen molar-refractivity contribution in [2.75, 3.05) is 6.54 Å². The van der Waals surface area contributed by atoms with Crippen molar-refractivity contribution in [2.45, 2.75) is 60.0 Å². The van der Waals surface area contributed by atoms with Gasteiger partial charge >= 0.3 is 0 Å². The molecule has 2 aromatic rings. The smallest absolute Gasteiger partial charge is 0.114 e. The fourth-order valence-electron chi connectivity index (χ4n) is 2.25. The summed E-state index contributed by atoms with van der Waals surface area (Å²) in [5.41, 5.74) is 4.93. The lowest BCUT2D eigenvalue weighted by Crippen LogP contribution is -2.13. The van der Waals surface area contributed by atoms with Crippen LogP contribution in [0.5, 0.6) is 0 Å². The molecule has 0 saturated carbocycles. The second kappa shape index (κ2) is 6.28. The number of thiazole rings is 1. The number of nitrogens with one attached hydrogen (secondary N) is 1. The first-order valence-electron chi connectivity index (χ1n) is 7.51. The predicted molar refractivity (Wildman–Crippen MR) is 89.0 cm³/mol. The van der Waals surface area contributed by atoms with E-state index < -0.39 is 0 Å². The second-order valence-corrected chi connectivity index (χ2v) is 7.41. The van der Waals surface area contributed by atoms with E-state index in [4.69, 9.17) is 4.98 Å². The molecule has 0 radical (unpaired) electrons. The first-order valence-corrected chi connectivity index (χ1v) is 8.39.